The largest absolute Gasteiger partial charge is 0.296 e. The lowest BCUT2D eigenvalue weighted by atomic mass is 10.1. The first-order chi connectivity index (χ1) is 11.7. The van der Waals surface area contributed by atoms with Gasteiger partial charge >= 0.3 is 0 Å². The smallest absolute Gasteiger partial charge is 0.282 e. The van der Waals surface area contributed by atoms with E-state index in [-0.39, 0.29) is 24.1 Å². The highest BCUT2D eigenvalue weighted by Crippen LogP contribution is 2.40. The van der Waals surface area contributed by atoms with E-state index < -0.39 is 32.6 Å². The van der Waals surface area contributed by atoms with Crippen LogP contribution in [0.4, 0.5) is 10.1 Å². The van der Waals surface area contributed by atoms with Crippen molar-refractivity contribution in [2.24, 2.45) is 0 Å². The summed E-state index contributed by atoms with van der Waals surface area (Å²) in [5.74, 6) is -2.21. The Morgan fingerprint density at radius 3 is 2.24 bits per heavy atom. The van der Waals surface area contributed by atoms with Gasteiger partial charge in [0.2, 0.25) is 11.8 Å². The predicted octanol–water partition coefficient (Wildman–Crippen LogP) is 3.48. The molecule has 2 aromatic rings. The van der Waals surface area contributed by atoms with E-state index in [9.17, 15) is 27.0 Å². The molecule has 0 aliphatic heterocycles. The number of rotatable bonds is 5. The van der Waals surface area contributed by atoms with Crippen LogP contribution in [0, 0.1) is 5.82 Å². The molecule has 0 fully saturated rings. The molecule has 9 heteroatoms. The van der Waals surface area contributed by atoms with Gasteiger partial charge in [-0.1, -0.05) is 19.9 Å². The molecule has 25 heavy (non-hydrogen) atoms. The quantitative estimate of drug-likeness (QED) is 0.796. The van der Waals surface area contributed by atoms with Gasteiger partial charge < -0.3 is 0 Å². The van der Waals surface area contributed by atoms with Crippen molar-refractivity contribution in [3.05, 3.63) is 35.5 Å². The Balaban J connectivity index is 2.93. The van der Waals surface area contributed by atoms with Crippen LogP contribution >= 0.6 is 11.3 Å². The molecule has 1 heterocycles. The first-order valence-corrected chi connectivity index (χ1v) is 9.73. The standard InChI is InChI=1S/C16H16FNO5S2/c1-3-14(19)18(15(20)4-2)16-11(12-6-5-7-24-12)8-10(17)9-13(16)25(21,22)23/h5-9H,3-4H2,1-2H3,(H,21,22,23). The van der Waals surface area contributed by atoms with E-state index in [2.05, 4.69) is 0 Å². The molecular formula is C16H16FNO5S2. The van der Waals surface area contributed by atoms with E-state index in [0.29, 0.717) is 15.8 Å². The fourth-order valence-electron chi connectivity index (χ4n) is 2.33. The second-order valence-corrected chi connectivity index (χ2v) is 7.42. The maximum Gasteiger partial charge on any atom is 0.296 e. The molecular weight excluding hydrogens is 369 g/mol. The van der Waals surface area contributed by atoms with Gasteiger partial charge in [0.05, 0.1) is 5.69 Å². The Labute approximate surface area is 148 Å². The van der Waals surface area contributed by atoms with Crippen LogP contribution in [-0.4, -0.2) is 24.8 Å². The summed E-state index contributed by atoms with van der Waals surface area (Å²) in [6, 6.07) is 4.90. The predicted molar refractivity (Wildman–Crippen MR) is 92.6 cm³/mol. The minimum absolute atomic E-state index is 0.0474. The normalized spacial score (nSPS) is 11.4. The van der Waals surface area contributed by atoms with Crippen LogP contribution in [-0.2, 0) is 19.7 Å². The van der Waals surface area contributed by atoms with Crippen molar-refractivity contribution in [1.29, 1.82) is 0 Å². The van der Waals surface area contributed by atoms with Crippen LogP contribution in [0.25, 0.3) is 10.4 Å². The van der Waals surface area contributed by atoms with Crippen LogP contribution in [0.15, 0.2) is 34.5 Å². The van der Waals surface area contributed by atoms with Gasteiger partial charge in [0, 0.05) is 23.3 Å². The van der Waals surface area contributed by atoms with Crippen molar-refractivity contribution in [1.82, 2.24) is 0 Å². The summed E-state index contributed by atoms with van der Waals surface area (Å²) in [6.45, 7) is 3.03. The average molecular weight is 385 g/mol. The molecule has 6 nitrogen and oxygen atoms in total. The lowest BCUT2D eigenvalue weighted by molar-refractivity contribution is -0.126. The van der Waals surface area contributed by atoms with Gasteiger partial charge in [-0.3, -0.25) is 14.1 Å². The van der Waals surface area contributed by atoms with Crippen LogP contribution in [0.3, 0.4) is 0 Å². The molecule has 134 valence electrons. The third kappa shape index (κ3) is 3.94. The molecule has 0 spiro atoms. The van der Waals surface area contributed by atoms with E-state index in [1.54, 1.807) is 17.5 Å². The first-order valence-electron chi connectivity index (χ1n) is 7.41. The second-order valence-electron chi connectivity index (χ2n) is 5.08. The monoisotopic (exact) mass is 385 g/mol. The average Bonchev–Trinajstić information content (AvgIpc) is 3.08. The van der Waals surface area contributed by atoms with Crippen molar-refractivity contribution in [3.8, 4) is 10.4 Å². The van der Waals surface area contributed by atoms with Crippen molar-refractivity contribution >= 4 is 39.0 Å². The Morgan fingerprint density at radius 1 is 1.20 bits per heavy atom. The fraction of sp³-hybridized carbons (Fsp3) is 0.250. The summed E-state index contributed by atoms with van der Waals surface area (Å²) < 4.78 is 47.1. The van der Waals surface area contributed by atoms with Crippen molar-refractivity contribution < 1.29 is 27.0 Å². The number of thiophene rings is 1. The number of carbonyl (C=O) groups excluding carboxylic acids is 2. The SMILES string of the molecule is CCC(=O)N(C(=O)CC)c1c(-c2cccs2)cc(F)cc1S(=O)(=O)O. The van der Waals surface area contributed by atoms with Gasteiger partial charge in [-0.05, 0) is 23.6 Å². The van der Waals surface area contributed by atoms with Crippen LogP contribution < -0.4 is 4.90 Å². The Hall–Kier alpha value is -2.10. The molecule has 0 bridgehead atoms. The summed E-state index contributed by atoms with van der Waals surface area (Å²) in [5.41, 5.74) is -0.281. The summed E-state index contributed by atoms with van der Waals surface area (Å²) in [5, 5.41) is 1.69. The summed E-state index contributed by atoms with van der Waals surface area (Å²) in [4.78, 5) is 25.0. The molecule has 2 amide bonds. The zero-order valence-electron chi connectivity index (χ0n) is 13.5. The fourth-order valence-corrected chi connectivity index (χ4v) is 3.78. The van der Waals surface area contributed by atoms with E-state index in [0.717, 1.165) is 6.07 Å². The van der Waals surface area contributed by atoms with Gasteiger partial charge in [0.1, 0.15) is 10.7 Å². The zero-order chi connectivity index (χ0) is 18.8. The molecule has 0 atom stereocenters. The van der Waals surface area contributed by atoms with Gasteiger partial charge in [-0.2, -0.15) is 8.42 Å². The van der Waals surface area contributed by atoms with E-state index in [4.69, 9.17) is 0 Å². The highest BCUT2D eigenvalue weighted by molar-refractivity contribution is 7.86. The van der Waals surface area contributed by atoms with Gasteiger partial charge in [0.15, 0.2) is 0 Å². The lowest BCUT2D eigenvalue weighted by Gasteiger charge is -2.24. The summed E-state index contributed by atoms with van der Waals surface area (Å²) in [7, 11) is -4.88. The molecule has 2 rings (SSSR count). The number of hydrogen-bond acceptors (Lipinski definition) is 5. The third-order valence-corrected chi connectivity index (χ3v) is 5.20. The number of halogens is 1. The number of imide groups is 1. The zero-order valence-corrected chi connectivity index (χ0v) is 15.2. The first kappa shape index (κ1) is 19.2. The molecule has 0 aliphatic carbocycles. The maximum absolute atomic E-state index is 14.0. The van der Waals surface area contributed by atoms with Crippen LogP contribution in [0.2, 0.25) is 0 Å². The molecule has 1 aromatic carbocycles. The molecule has 0 saturated heterocycles. The molecule has 1 N–H and O–H groups in total. The molecule has 1 aromatic heterocycles. The Morgan fingerprint density at radius 2 is 1.80 bits per heavy atom. The van der Waals surface area contributed by atoms with Gasteiger partial charge in [0.25, 0.3) is 10.1 Å². The molecule has 0 saturated carbocycles. The van der Waals surface area contributed by atoms with Gasteiger partial charge in [-0.25, -0.2) is 9.29 Å². The highest BCUT2D eigenvalue weighted by Gasteiger charge is 2.31. The molecule has 0 aliphatic rings. The third-order valence-electron chi connectivity index (χ3n) is 3.43. The van der Waals surface area contributed by atoms with Crippen LogP contribution in [0.5, 0.6) is 0 Å². The number of benzene rings is 1. The Kier molecular flexibility index (Phi) is 5.71. The second kappa shape index (κ2) is 7.42. The number of nitrogens with zero attached hydrogens (tertiary/aromatic N) is 1. The number of amides is 2. The Bertz CT molecular complexity index is 891. The van der Waals surface area contributed by atoms with E-state index >= 15 is 0 Å². The maximum atomic E-state index is 14.0. The summed E-state index contributed by atoms with van der Waals surface area (Å²) in [6.07, 6.45) is -0.143. The minimum Gasteiger partial charge on any atom is -0.282 e. The lowest BCUT2D eigenvalue weighted by Crippen LogP contribution is -2.37. The van der Waals surface area contributed by atoms with Crippen molar-refractivity contribution in [2.45, 2.75) is 31.6 Å². The van der Waals surface area contributed by atoms with E-state index in [1.165, 1.54) is 25.2 Å². The summed E-state index contributed by atoms with van der Waals surface area (Å²) >= 11 is 1.18. The number of anilines is 1. The van der Waals surface area contributed by atoms with E-state index in [1.807, 2.05) is 0 Å². The highest BCUT2D eigenvalue weighted by atomic mass is 32.2. The van der Waals surface area contributed by atoms with Crippen molar-refractivity contribution in [3.63, 3.8) is 0 Å². The number of carbonyl (C=O) groups is 2. The van der Waals surface area contributed by atoms with Gasteiger partial charge in [-0.15, -0.1) is 11.3 Å². The van der Waals surface area contributed by atoms with Crippen molar-refractivity contribution in [2.75, 3.05) is 4.90 Å². The topological polar surface area (TPSA) is 91.8 Å². The van der Waals surface area contributed by atoms with Crippen LogP contribution in [0.1, 0.15) is 26.7 Å². The minimum atomic E-state index is -4.88. The molecule has 0 unspecified atom stereocenters. The molecule has 0 radical (unpaired) electrons. The number of hydrogen-bond donors (Lipinski definition) is 1.